The first kappa shape index (κ1) is 18.0. The van der Waals surface area contributed by atoms with Gasteiger partial charge in [-0.25, -0.2) is 0 Å². The van der Waals surface area contributed by atoms with Crippen molar-refractivity contribution >= 4 is 29.9 Å². The summed E-state index contributed by atoms with van der Waals surface area (Å²) >= 11 is 5.97. The summed E-state index contributed by atoms with van der Waals surface area (Å²) in [5.41, 5.74) is 1.47. The summed E-state index contributed by atoms with van der Waals surface area (Å²) in [5, 5.41) is 7.62. The molecule has 0 radical (unpaired) electrons. The van der Waals surface area contributed by atoms with Crippen LogP contribution in [-0.4, -0.2) is 24.5 Å². The fraction of sp³-hybridized carbons (Fsp3) is 0.632. The van der Waals surface area contributed by atoms with Crippen LogP contribution in [0, 0.1) is 5.92 Å². The zero-order valence-corrected chi connectivity index (χ0v) is 15.5. The molecule has 4 rings (SSSR count). The Morgan fingerprint density at radius 2 is 1.79 bits per heavy atom. The summed E-state index contributed by atoms with van der Waals surface area (Å²) in [4.78, 5) is 12.4. The molecule has 2 bridgehead atoms. The Morgan fingerprint density at radius 3 is 2.38 bits per heavy atom. The van der Waals surface area contributed by atoms with Crippen LogP contribution in [0.4, 0.5) is 0 Å². The Labute approximate surface area is 155 Å². The van der Waals surface area contributed by atoms with Crippen LogP contribution in [0.1, 0.15) is 50.5 Å². The van der Waals surface area contributed by atoms with Gasteiger partial charge in [0.25, 0.3) is 0 Å². The highest BCUT2D eigenvalue weighted by Crippen LogP contribution is 2.47. The van der Waals surface area contributed by atoms with Gasteiger partial charge < -0.3 is 10.6 Å². The molecule has 0 aromatic heterocycles. The van der Waals surface area contributed by atoms with Gasteiger partial charge in [-0.1, -0.05) is 23.7 Å². The molecule has 1 saturated carbocycles. The number of carbonyl (C=O) groups excluding carboxylic acids is 1. The summed E-state index contributed by atoms with van der Waals surface area (Å²) in [6.07, 6.45) is 7.95. The van der Waals surface area contributed by atoms with Crippen molar-refractivity contribution in [3.05, 3.63) is 34.9 Å². The second-order valence-corrected chi connectivity index (χ2v) is 8.18. The molecule has 24 heavy (non-hydrogen) atoms. The number of halogens is 2. The lowest BCUT2D eigenvalue weighted by Gasteiger charge is -2.28. The van der Waals surface area contributed by atoms with Gasteiger partial charge in [0.15, 0.2) is 0 Å². The van der Waals surface area contributed by atoms with Crippen LogP contribution in [-0.2, 0) is 10.2 Å². The van der Waals surface area contributed by atoms with E-state index in [0.29, 0.717) is 24.4 Å². The number of benzene rings is 1. The monoisotopic (exact) mass is 368 g/mol. The van der Waals surface area contributed by atoms with Crippen molar-refractivity contribution in [2.24, 2.45) is 5.92 Å². The molecule has 3 fully saturated rings. The molecule has 1 aromatic rings. The number of amides is 1. The van der Waals surface area contributed by atoms with E-state index in [1.165, 1.54) is 31.2 Å². The quantitative estimate of drug-likeness (QED) is 0.828. The van der Waals surface area contributed by atoms with E-state index in [0.717, 1.165) is 24.4 Å². The van der Waals surface area contributed by atoms with E-state index < -0.39 is 0 Å². The zero-order valence-electron chi connectivity index (χ0n) is 13.9. The lowest BCUT2D eigenvalue weighted by molar-refractivity contribution is -0.122. The van der Waals surface area contributed by atoms with Gasteiger partial charge in [-0.05, 0) is 62.1 Å². The minimum Gasteiger partial charge on any atom is -0.355 e. The van der Waals surface area contributed by atoms with Crippen LogP contribution >= 0.6 is 24.0 Å². The number of hydrogen-bond acceptors (Lipinski definition) is 2. The van der Waals surface area contributed by atoms with Gasteiger partial charge in [-0.15, -0.1) is 12.4 Å². The van der Waals surface area contributed by atoms with Crippen molar-refractivity contribution in [2.45, 2.75) is 62.4 Å². The summed E-state index contributed by atoms with van der Waals surface area (Å²) in [6.45, 7) is 0.769. The third kappa shape index (κ3) is 3.89. The largest absolute Gasteiger partial charge is 0.355 e. The van der Waals surface area contributed by atoms with Crippen molar-refractivity contribution < 1.29 is 4.79 Å². The molecule has 2 unspecified atom stereocenters. The predicted molar refractivity (Wildman–Crippen MR) is 99.9 cm³/mol. The van der Waals surface area contributed by atoms with Crippen LogP contribution in [0.15, 0.2) is 24.3 Å². The predicted octanol–water partition coefficient (Wildman–Crippen LogP) is 3.83. The van der Waals surface area contributed by atoms with E-state index >= 15 is 0 Å². The maximum absolute atomic E-state index is 12.4. The van der Waals surface area contributed by atoms with Gasteiger partial charge in [0.05, 0.1) is 0 Å². The number of rotatable bonds is 5. The normalized spacial score (nSPS) is 29.6. The van der Waals surface area contributed by atoms with Crippen LogP contribution < -0.4 is 10.6 Å². The second-order valence-electron chi connectivity index (χ2n) is 7.74. The van der Waals surface area contributed by atoms with Crippen LogP contribution in [0.3, 0.4) is 0 Å². The second kappa shape index (κ2) is 7.23. The molecule has 2 aliphatic heterocycles. The summed E-state index contributed by atoms with van der Waals surface area (Å²) in [6, 6.07) is 9.43. The Kier molecular flexibility index (Phi) is 5.43. The number of piperidine rings is 1. The van der Waals surface area contributed by atoms with E-state index in [9.17, 15) is 4.79 Å². The molecule has 5 heteroatoms. The van der Waals surface area contributed by atoms with Crippen molar-refractivity contribution in [1.29, 1.82) is 0 Å². The molecule has 132 valence electrons. The summed E-state index contributed by atoms with van der Waals surface area (Å²) < 4.78 is 0. The number of fused-ring (bicyclic) bond motifs is 2. The third-order valence-corrected chi connectivity index (χ3v) is 6.23. The Hall–Kier alpha value is -0.770. The van der Waals surface area contributed by atoms with Gasteiger partial charge in [-0.3, -0.25) is 4.79 Å². The fourth-order valence-electron chi connectivity index (χ4n) is 4.47. The topological polar surface area (TPSA) is 41.1 Å². The van der Waals surface area contributed by atoms with Crippen LogP contribution in [0.2, 0.25) is 5.02 Å². The zero-order chi connectivity index (χ0) is 15.9. The average molecular weight is 369 g/mol. The van der Waals surface area contributed by atoms with E-state index in [4.69, 9.17) is 11.6 Å². The van der Waals surface area contributed by atoms with E-state index in [2.05, 4.69) is 22.8 Å². The van der Waals surface area contributed by atoms with Gasteiger partial charge in [0, 0.05) is 35.5 Å². The molecule has 2 N–H and O–H groups in total. The highest BCUT2D eigenvalue weighted by atomic mass is 35.5. The first-order valence-electron chi connectivity index (χ1n) is 8.92. The Bertz CT molecular complexity index is 574. The van der Waals surface area contributed by atoms with E-state index in [1.54, 1.807) is 0 Å². The first-order chi connectivity index (χ1) is 11.1. The molecule has 1 aromatic carbocycles. The van der Waals surface area contributed by atoms with Crippen molar-refractivity contribution in [3.8, 4) is 0 Å². The highest BCUT2D eigenvalue weighted by Gasteiger charge is 2.44. The Balaban J connectivity index is 0.00000169. The molecule has 1 amide bonds. The standard InChI is InChI=1S/C19H25ClN2O.ClH/c20-15-3-1-14(2-4-15)19(7-8-19)12-21-18(23)11-13-9-16-5-6-17(10-13)22-16;/h1-4,13,16-17,22H,5-12H2,(H,21,23);1H. The average Bonchev–Trinajstić information content (AvgIpc) is 3.25. The van der Waals surface area contributed by atoms with Gasteiger partial charge in [0.2, 0.25) is 5.91 Å². The molecule has 2 atom stereocenters. The molecular formula is C19H26Cl2N2O. The Morgan fingerprint density at radius 1 is 1.17 bits per heavy atom. The molecule has 3 aliphatic rings. The van der Waals surface area contributed by atoms with Crippen molar-refractivity contribution in [3.63, 3.8) is 0 Å². The summed E-state index contributed by atoms with van der Waals surface area (Å²) in [7, 11) is 0. The molecule has 2 heterocycles. The lowest BCUT2D eigenvalue weighted by Crippen LogP contribution is -2.40. The maximum atomic E-state index is 12.4. The molecule has 0 spiro atoms. The number of hydrogen-bond donors (Lipinski definition) is 2. The van der Waals surface area contributed by atoms with Gasteiger partial charge in [0.1, 0.15) is 0 Å². The fourth-order valence-corrected chi connectivity index (χ4v) is 4.59. The van der Waals surface area contributed by atoms with Crippen molar-refractivity contribution in [1.82, 2.24) is 10.6 Å². The number of carbonyl (C=O) groups is 1. The molecular weight excluding hydrogens is 343 g/mol. The smallest absolute Gasteiger partial charge is 0.220 e. The van der Waals surface area contributed by atoms with Crippen LogP contribution in [0.5, 0.6) is 0 Å². The maximum Gasteiger partial charge on any atom is 0.220 e. The lowest BCUT2D eigenvalue weighted by atomic mass is 9.89. The highest BCUT2D eigenvalue weighted by molar-refractivity contribution is 6.30. The third-order valence-electron chi connectivity index (χ3n) is 5.98. The van der Waals surface area contributed by atoms with Gasteiger partial charge in [-0.2, -0.15) is 0 Å². The van der Waals surface area contributed by atoms with E-state index in [1.807, 2.05) is 12.1 Å². The van der Waals surface area contributed by atoms with Crippen molar-refractivity contribution in [2.75, 3.05) is 6.54 Å². The molecule has 2 saturated heterocycles. The minimum atomic E-state index is 0. The van der Waals surface area contributed by atoms with Gasteiger partial charge >= 0.3 is 0 Å². The molecule has 1 aliphatic carbocycles. The molecule has 3 nitrogen and oxygen atoms in total. The summed E-state index contributed by atoms with van der Waals surface area (Å²) in [5.74, 6) is 0.802. The number of nitrogens with one attached hydrogen (secondary N) is 2. The van der Waals surface area contributed by atoms with E-state index in [-0.39, 0.29) is 23.7 Å². The minimum absolute atomic E-state index is 0. The first-order valence-corrected chi connectivity index (χ1v) is 9.30. The van der Waals surface area contributed by atoms with Crippen LogP contribution in [0.25, 0.3) is 0 Å². The SMILES string of the molecule is Cl.O=C(CC1CC2CCC(C1)N2)NCC1(c2ccc(Cl)cc2)CC1.